The largest absolute Gasteiger partial charge is 0.481 e. The molecule has 1 heterocycles. The molecule has 4 nitrogen and oxygen atoms in total. The van der Waals surface area contributed by atoms with Crippen LogP contribution in [0.5, 0.6) is 0 Å². The first-order valence-corrected chi connectivity index (χ1v) is 5.98. The molecule has 0 saturated heterocycles. The highest BCUT2D eigenvalue weighted by atomic mass is 16.4. The van der Waals surface area contributed by atoms with Gasteiger partial charge in [0.15, 0.2) is 0 Å². The molecule has 0 unspecified atom stereocenters. The van der Waals surface area contributed by atoms with Crippen LogP contribution in [0.25, 0.3) is 0 Å². The molecule has 0 bridgehead atoms. The van der Waals surface area contributed by atoms with Gasteiger partial charge in [0.05, 0.1) is 13.1 Å². The molecule has 0 saturated carbocycles. The first-order valence-electron chi connectivity index (χ1n) is 5.98. The van der Waals surface area contributed by atoms with E-state index in [-0.39, 0.29) is 6.42 Å². The third kappa shape index (κ3) is 3.36. The van der Waals surface area contributed by atoms with Gasteiger partial charge in [0.1, 0.15) is 12.4 Å². The summed E-state index contributed by atoms with van der Waals surface area (Å²) in [5.41, 5.74) is 0. The maximum atomic E-state index is 10.4. The van der Waals surface area contributed by atoms with E-state index in [9.17, 15) is 4.79 Å². The van der Waals surface area contributed by atoms with E-state index in [0.717, 1.165) is 25.9 Å². The van der Waals surface area contributed by atoms with E-state index in [2.05, 4.69) is 35.4 Å². The molecule has 1 aromatic rings. The van der Waals surface area contributed by atoms with E-state index in [1.54, 1.807) is 0 Å². The summed E-state index contributed by atoms with van der Waals surface area (Å²) in [6, 6.07) is 0. The van der Waals surface area contributed by atoms with Crippen LogP contribution in [0, 0.1) is 0 Å². The van der Waals surface area contributed by atoms with Crippen molar-refractivity contribution in [2.75, 3.05) is 0 Å². The number of carbonyl (C=O) groups is 1. The van der Waals surface area contributed by atoms with Gasteiger partial charge in [-0.1, -0.05) is 6.92 Å². The molecular weight excluding hydrogens is 204 g/mol. The predicted molar refractivity (Wildman–Crippen MR) is 61.2 cm³/mol. The summed E-state index contributed by atoms with van der Waals surface area (Å²) >= 11 is 0. The smallest absolute Gasteiger partial charge is 0.303 e. The summed E-state index contributed by atoms with van der Waals surface area (Å²) in [5, 5.41) is 8.60. The summed E-state index contributed by atoms with van der Waals surface area (Å²) in [5.74, 6) is 0.586. The second-order valence-corrected chi connectivity index (χ2v) is 3.94. The van der Waals surface area contributed by atoms with Crippen LogP contribution in [0.1, 0.15) is 38.9 Å². The number of carboxylic acids is 1. The van der Waals surface area contributed by atoms with Gasteiger partial charge in [-0.2, -0.15) is 0 Å². The Morgan fingerprint density at radius 1 is 1.50 bits per heavy atom. The predicted octanol–water partition coefficient (Wildman–Crippen LogP) is 1.61. The highest BCUT2D eigenvalue weighted by Gasteiger charge is 2.14. The Kier molecular flexibility index (Phi) is 5.02. The molecule has 0 aliphatic heterocycles. The maximum absolute atomic E-state index is 10.4. The highest BCUT2D eigenvalue weighted by molar-refractivity contribution is 5.66. The number of aromatic nitrogens is 2. The van der Waals surface area contributed by atoms with Gasteiger partial charge >= 0.3 is 5.97 Å². The molecule has 1 aromatic heterocycles. The highest BCUT2D eigenvalue weighted by Crippen LogP contribution is 2.01. The zero-order valence-electron chi connectivity index (χ0n) is 10.1. The van der Waals surface area contributed by atoms with Gasteiger partial charge < -0.3 is 5.11 Å². The quantitative estimate of drug-likeness (QED) is 0.717. The minimum Gasteiger partial charge on any atom is -0.481 e. The SMILES string of the molecule is CCCc1n(CC)cc[n+]1CCCC(=O)O. The van der Waals surface area contributed by atoms with Crippen molar-refractivity contribution < 1.29 is 14.5 Å². The average Bonchev–Trinajstić information content (AvgIpc) is 2.61. The van der Waals surface area contributed by atoms with Gasteiger partial charge in [-0.3, -0.25) is 4.79 Å². The number of carboxylic acid groups (broad SMARTS) is 1. The summed E-state index contributed by atoms with van der Waals surface area (Å²) in [7, 11) is 0. The van der Waals surface area contributed by atoms with Gasteiger partial charge in [-0.15, -0.1) is 0 Å². The Hall–Kier alpha value is -1.32. The number of hydrogen-bond donors (Lipinski definition) is 1. The summed E-state index contributed by atoms with van der Waals surface area (Å²) in [4.78, 5) is 10.4. The van der Waals surface area contributed by atoms with E-state index in [1.807, 2.05) is 0 Å². The molecule has 0 radical (unpaired) electrons. The van der Waals surface area contributed by atoms with Crippen molar-refractivity contribution in [1.82, 2.24) is 4.57 Å². The number of nitrogens with zero attached hydrogens (tertiary/aromatic N) is 2. The molecule has 0 aliphatic carbocycles. The Morgan fingerprint density at radius 2 is 2.25 bits per heavy atom. The molecule has 0 spiro atoms. The van der Waals surface area contributed by atoms with Crippen molar-refractivity contribution in [3.63, 3.8) is 0 Å². The lowest BCUT2D eigenvalue weighted by Crippen LogP contribution is -2.37. The molecule has 0 atom stereocenters. The van der Waals surface area contributed by atoms with Crippen molar-refractivity contribution in [3.8, 4) is 0 Å². The zero-order chi connectivity index (χ0) is 12.0. The van der Waals surface area contributed by atoms with Gasteiger partial charge in [-0.05, 0) is 19.8 Å². The van der Waals surface area contributed by atoms with Crippen molar-refractivity contribution in [2.24, 2.45) is 0 Å². The van der Waals surface area contributed by atoms with Crippen molar-refractivity contribution in [2.45, 2.75) is 52.6 Å². The van der Waals surface area contributed by atoms with Crippen LogP contribution in [0.4, 0.5) is 0 Å². The van der Waals surface area contributed by atoms with Crippen LogP contribution >= 0.6 is 0 Å². The van der Waals surface area contributed by atoms with Gasteiger partial charge in [-0.25, -0.2) is 9.13 Å². The Labute approximate surface area is 96.5 Å². The zero-order valence-corrected chi connectivity index (χ0v) is 10.1. The molecule has 90 valence electrons. The summed E-state index contributed by atoms with van der Waals surface area (Å²) in [6.45, 7) is 6.06. The van der Waals surface area contributed by atoms with Crippen LogP contribution in [0.3, 0.4) is 0 Å². The molecule has 4 heteroatoms. The van der Waals surface area contributed by atoms with Crippen molar-refractivity contribution in [1.29, 1.82) is 0 Å². The molecule has 1 N–H and O–H groups in total. The van der Waals surface area contributed by atoms with Crippen LogP contribution in [0.15, 0.2) is 12.4 Å². The second kappa shape index (κ2) is 6.30. The fourth-order valence-electron chi connectivity index (χ4n) is 1.90. The molecule has 16 heavy (non-hydrogen) atoms. The lowest BCUT2D eigenvalue weighted by atomic mass is 10.3. The van der Waals surface area contributed by atoms with Crippen molar-refractivity contribution >= 4 is 5.97 Å². The first-order chi connectivity index (χ1) is 7.69. The van der Waals surface area contributed by atoms with E-state index < -0.39 is 5.97 Å². The number of aliphatic carboxylic acids is 1. The fraction of sp³-hybridized carbons (Fsp3) is 0.667. The van der Waals surface area contributed by atoms with Crippen molar-refractivity contribution in [3.05, 3.63) is 18.2 Å². The average molecular weight is 225 g/mol. The first kappa shape index (κ1) is 12.7. The third-order valence-corrected chi connectivity index (χ3v) is 2.69. The van der Waals surface area contributed by atoms with Gasteiger partial charge in [0.25, 0.3) is 5.82 Å². The summed E-state index contributed by atoms with van der Waals surface area (Å²) in [6.07, 6.45) is 7.24. The van der Waals surface area contributed by atoms with Crippen LogP contribution < -0.4 is 4.57 Å². The Morgan fingerprint density at radius 3 is 2.81 bits per heavy atom. The Balaban J connectivity index is 2.63. The third-order valence-electron chi connectivity index (χ3n) is 2.69. The monoisotopic (exact) mass is 225 g/mol. The molecular formula is C12H21N2O2+. The number of hydrogen-bond acceptors (Lipinski definition) is 1. The second-order valence-electron chi connectivity index (χ2n) is 3.94. The van der Waals surface area contributed by atoms with E-state index in [1.165, 1.54) is 5.82 Å². The number of imidazole rings is 1. The molecule has 0 aliphatic rings. The standard InChI is InChI=1S/C12H20N2O2/c1-3-6-11-13(4-2)9-10-14(11)8-5-7-12(15)16/h9-10H,3-8H2,1-2H3/p+1. The maximum Gasteiger partial charge on any atom is 0.303 e. The topological polar surface area (TPSA) is 46.1 Å². The molecule has 0 aromatic carbocycles. The molecule has 0 amide bonds. The summed E-state index contributed by atoms with van der Waals surface area (Å²) < 4.78 is 4.40. The van der Waals surface area contributed by atoms with E-state index in [0.29, 0.717) is 6.42 Å². The van der Waals surface area contributed by atoms with Crippen LogP contribution in [0.2, 0.25) is 0 Å². The fourth-order valence-corrected chi connectivity index (χ4v) is 1.90. The minimum atomic E-state index is -0.715. The molecule has 0 fully saturated rings. The Bertz CT molecular complexity index is 345. The van der Waals surface area contributed by atoms with E-state index >= 15 is 0 Å². The number of aryl methyl sites for hydroxylation is 2. The lowest BCUT2D eigenvalue weighted by Gasteiger charge is -2.02. The van der Waals surface area contributed by atoms with Gasteiger partial charge in [0.2, 0.25) is 0 Å². The molecule has 1 rings (SSSR count). The lowest BCUT2D eigenvalue weighted by molar-refractivity contribution is -0.704. The minimum absolute atomic E-state index is 0.246. The number of rotatable bonds is 7. The van der Waals surface area contributed by atoms with Crippen LogP contribution in [-0.4, -0.2) is 15.6 Å². The van der Waals surface area contributed by atoms with E-state index in [4.69, 9.17) is 5.11 Å². The van der Waals surface area contributed by atoms with Crippen LogP contribution in [-0.2, 0) is 24.3 Å². The normalized spacial score (nSPS) is 10.6. The van der Waals surface area contributed by atoms with Gasteiger partial charge in [0, 0.05) is 12.8 Å².